The molecule has 0 saturated heterocycles. The molecule has 1 N–H and O–H groups in total. The van der Waals surface area contributed by atoms with Crippen molar-refractivity contribution in [3.8, 4) is 5.75 Å². The number of halogens is 2. The van der Waals surface area contributed by atoms with Crippen LogP contribution in [0, 0.1) is 7.14 Å². The van der Waals surface area contributed by atoms with Crippen LogP contribution in [0.3, 0.4) is 0 Å². The van der Waals surface area contributed by atoms with Gasteiger partial charge in [-0.3, -0.25) is 9.36 Å². The molecule has 1 aliphatic heterocycles. The summed E-state index contributed by atoms with van der Waals surface area (Å²) in [7, 11) is 1.68. The third-order valence-electron chi connectivity index (χ3n) is 5.69. The summed E-state index contributed by atoms with van der Waals surface area (Å²) in [6.07, 6.45) is 0. The SMILES string of the molecule is COc1c(I)cc([C@H]2Nc3nc4ccccc4n3C(C)=C2C(=O)c2ccccc2)cc1I. The van der Waals surface area contributed by atoms with Crippen LogP contribution in [0.15, 0.2) is 72.3 Å². The van der Waals surface area contributed by atoms with Crippen molar-refractivity contribution in [2.75, 3.05) is 12.4 Å². The van der Waals surface area contributed by atoms with Gasteiger partial charge in [-0.2, -0.15) is 0 Å². The number of fused-ring (bicyclic) bond motifs is 3. The van der Waals surface area contributed by atoms with Crippen molar-refractivity contribution in [2.45, 2.75) is 13.0 Å². The van der Waals surface area contributed by atoms with E-state index in [0.717, 1.165) is 41.1 Å². The summed E-state index contributed by atoms with van der Waals surface area (Å²) >= 11 is 4.56. The molecule has 0 amide bonds. The summed E-state index contributed by atoms with van der Waals surface area (Å²) in [4.78, 5) is 18.6. The monoisotopic (exact) mass is 647 g/mol. The van der Waals surface area contributed by atoms with E-state index >= 15 is 0 Å². The Labute approximate surface area is 213 Å². The lowest BCUT2D eigenvalue weighted by Gasteiger charge is -2.30. The molecule has 7 heteroatoms. The minimum atomic E-state index is -0.333. The van der Waals surface area contributed by atoms with E-state index in [1.807, 2.05) is 66.1 Å². The van der Waals surface area contributed by atoms with E-state index in [4.69, 9.17) is 9.72 Å². The molecule has 0 aliphatic carbocycles. The Bertz CT molecular complexity index is 1370. The van der Waals surface area contributed by atoms with Crippen LogP contribution in [-0.2, 0) is 0 Å². The number of carbonyl (C=O) groups is 1. The summed E-state index contributed by atoms with van der Waals surface area (Å²) in [5.41, 5.74) is 5.12. The lowest BCUT2D eigenvalue weighted by Crippen LogP contribution is -2.27. The first-order valence-corrected chi connectivity index (χ1v) is 12.2. The molecule has 5 rings (SSSR count). The number of Topliss-reactive ketones (excluding diaryl/α,β-unsaturated/α-hetero) is 1. The van der Waals surface area contributed by atoms with Gasteiger partial charge in [0.05, 0.1) is 31.3 Å². The maximum Gasteiger partial charge on any atom is 0.209 e. The zero-order valence-electron chi connectivity index (χ0n) is 17.4. The number of benzene rings is 3. The molecule has 1 aromatic heterocycles. The molecule has 0 saturated carbocycles. The zero-order chi connectivity index (χ0) is 22.4. The molecule has 5 nitrogen and oxygen atoms in total. The number of nitrogens with zero attached hydrogens (tertiary/aromatic N) is 2. The van der Waals surface area contributed by atoms with Crippen LogP contribution in [-0.4, -0.2) is 22.4 Å². The predicted molar refractivity (Wildman–Crippen MR) is 144 cm³/mol. The number of carbonyl (C=O) groups excluding carboxylic acids is 1. The Morgan fingerprint density at radius 2 is 1.69 bits per heavy atom. The van der Waals surface area contributed by atoms with E-state index in [1.165, 1.54) is 0 Å². The molecule has 3 aromatic carbocycles. The number of rotatable bonds is 4. The van der Waals surface area contributed by atoms with Crippen LogP contribution in [0.2, 0.25) is 0 Å². The van der Waals surface area contributed by atoms with Crippen molar-refractivity contribution in [2.24, 2.45) is 0 Å². The fraction of sp³-hybridized carbons (Fsp3) is 0.120. The van der Waals surface area contributed by atoms with E-state index in [9.17, 15) is 4.79 Å². The van der Waals surface area contributed by atoms with Gasteiger partial charge in [0, 0.05) is 16.8 Å². The number of hydrogen-bond acceptors (Lipinski definition) is 4. The molecular weight excluding hydrogens is 628 g/mol. The summed E-state index contributed by atoms with van der Waals surface area (Å²) in [6.45, 7) is 2.00. The minimum Gasteiger partial charge on any atom is -0.495 e. The molecule has 2 heterocycles. The number of nitrogens with one attached hydrogen (secondary N) is 1. The van der Waals surface area contributed by atoms with Crippen LogP contribution in [0.5, 0.6) is 5.75 Å². The minimum absolute atomic E-state index is 0.00451. The Kier molecular flexibility index (Phi) is 5.70. The van der Waals surface area contributed by atoms with Crippen molar-refractivity contribution >= 4 is 73.6 Å². The van der Waals surface area contributed by atoms with Gasteiger partial charge in [0.25, 0.3) is 0 Å². The first-order chi connectivity index (χ1) is 15.5. The summed E-state index contributed by atoms with van der Waals surface area (Å²) in [5, 5.41) is 3.55. The van der Waals surface area contributed by atoms with Gasteiger partial charge < -0.3 is 10.1 Å². The Balaban J connectivity index is 1.75. The van der Waals surface area contributed by atoms with Gasteiger partial charge in [0.15, 0.2) is 5.78 Å². The van der Waals surface area contributed by atoms with E-state index < -0.39 is 0 Å². The van der Waals surface area contributed by atoms with Crippen molar-refractivity contribution in [1.82, 2.24) is 9.55 Å². The van der Waals surface area contributed by atoms with Crippen molar-refractivity contribution in [1.29, 1.82) is 0 Å². The number of aromatic nitrogens is 2. The quantitative estimate of drug-likeness (QED) is 0.202. The van der Waals surface area contributed by atoms with Gasteiger partial charge >= 0.3 is 0 Å². The van der Waals surface area contributed by atoms with Crippen LogP contribution in [0.4, 0.5) is 5.95 Å². The topological polar surface area (TPSA) is 56.1 Å². The maximum atomic E-state index is 13.8. The van der Waals surface area contributed by atoms with Gasteiger partial charge in [-0.25, -0.2) is 4.98 Å². The maximum absolute atomic E-state index is 13.8. The number of imidazole rings is 1. The molecule has 4 aromatic rings. The highest BCUT2D eigenvalue weighted by Gasteiger charge is 2.33. The van der Waals surface area contributed by atoms with Crippen LogP contribution >= 0.6 is 45.2 Å². The Morgan fingerprint density at radius 3 is 2.38 bits per heavy atom. The lowest BCUT2D eigenvalue weighted by atomic mass is 9.89. The number of anilines is 1. The number of allylic oxidation sites excluding steroid dienone is 1. The second-order valence-corrected chi connectivity index (χ2v) is 9.87. The van der Waals surface area contributed by atoms with Gasteiger partial charge in [-0.15, -0.1) is 0 Å². The number of methoxy groups -OCH3 is 1. The molecule has 0 unspecified atom stereocenters. The third kappa shape index (κ3) is 3.51. The first kappa shape index (κ1) is 21.4. The molecule has 0 bridgehead atoms. The normalized spacial score (nSPS) is 15.4. The van der Waals surface area contributed by atoms with Gasteiger partial charge in [0.2, 0.25) is 5.95 Å². The summed E-state index contributed by atoms with van der Waals surface area (Å²) in [6, 6.07) is 21.2. The molecule has 1 aliphatic rings. The van der Waals surface area contributed by atoms with Gasteiger partial charge in [-0.1, -0.05) is 42.5 Å². The van der Waals surface area contributed by atoms with E-state index in [-0.39, 0.29) is 11.8 Å². The summed E-state index contributed by atoms with van der Waals surface area (Å²) in [5.74, 6) is 1.58. The average Bonchev–Trinajstić information content (AvgIpc) is 3.17. The first-order valence-electron chi connectivity index (χ1n) is 10.1. The van der Waals surface area contributed by atoms with Crippen molar-refractivity contribution < 1.29 is 9.53 Å². The highest BCUT2D eigenvalue weighted by Crippen LogP contribution is 2.41. The molecule has 0 spiro atoms. The van der Waals surface area contributed by atoms with Gasteiger partial charge in [0.1, 0.15) is 5.75 Å². The molecule has 0 fully saturated rings. The standard InChI is InChI=1S/C25H19I2N3O2/c1-14-21(23(31)15-8-4-3-5-9-15)22(16-12-17(26)24(32-2)18(27)13-16)29-25-28-19-10-6-7-11-20(19)30(14)25/h3-13,22H,1-2H3,(H,28,29)/t22-/m1/s1. The lowest BCUT2D eigenvalue weighted by molar-refractivity contribution is 0.102. The number of ketones is 1. The van der Waals surface area contributed by atoms with E-state index in [1.54, 1.807) is 7.11 Å². The van der Waals surface area contributed by atoms with Crippen LogP contribution in [0.25, 0.3) is 16.7 Å². The Morgan fingerprint density at radius 1 is 1.03 bits per heavy atom. The molecule has 160 valence electrons. The fourth-order valence-corrected chi connectivity index (χ4v) is 6.48. The Hall–Kier alpha value is -2.40. The zero-order valence-corrected chi connectivity index (χ0v) is 21.7. The summed E-state index contributed by atoms with van der Waals surface area (Å²) < 4.78 is 9.59. The van der Waals surface area contributed by atoms with Crippen molar-refractivity contribution in [3.63, 3.8) is 0 Å². The fourth-order valence-electron chi connectivity index (χ4n) is 4.22. The number of hydrogen-bond donors (Lipinski definition) is 1. The van der Waals surface area contributed by atoms with E-state index in [0.29, 0.717) is 11.1 Å². The number of para-hydroxylation sites is 2. The largest absolute Gasteiger partial charge is 0.495 e. The molecule has 0 radical (unpaired) electrons. The highest BCUT2D eigenvalue weighted by molar-refractivity contribution is 14.1. The second kappa shape index (κ2) is 8.51. The number of ether oxygens (including phenoxy) is 1. The second-order valence-electron chi connectivity index (χ2n) is 7.55. The van der Waals surface area contributed by atoms with Crippen LogP contribution in [0.1, 0.15) is 28.9 Å². The predicted octanol–water partition coefficient (Wildman–Crippen LogP) is 6.53. The van der Waals surface area contributed by atoms with Crippen LogP contribution < -0.4 is 10.1 Å². The molecular formula is C25H19I2N3O2. The third-order valence-corrected chi connectivity index (χ3v) is 7.29. The van der Waals surface area contributed by atoms with E-state index in [2.05, 4.69) is 62.6 Å². The molecule has 32 heavy (non-hydrogen) atoms. The average molecular weight is 647 g/mol. The molecule has 1 atom stereocenters. The van der Waals surface area contributed by atoms with Gasteiger partial charge in [-0.05, 0) is 81.9 Å². The highest BCUT2D eigenvalue weighted by atomic mass is 127. The van der Waals surface area contributed by atoms with Crippen molar-refractivity contribution in [3.05, 3.63) is 90.6 Å². The smallest absolute Gasteiger partial charge is 0.209 e.